The molecule has 2 atom stereocenters. The smallest absolute Gasteiger partial charge is 0.341 e. The highest BCUT2D eigenvalue weighted by atomic mass is 16.8. The largest absolute Gasteiger partial charge is 0.503 e. The van der Waals surface area contributed by atoms with Crippen LogP contribution in [0.4, 0.5) is 0 Å². The molecule has 1 aromatic carbocycles. The summed E-state index contributed by atoms with van der Waals surface area (Å²) in [5.41, 5.74) is 2.33. The molecule has 1 saturated heterocycles. The minimum absolute atomic E-state index is 0.222. The van der Waals surface area contributed by atoms with Gasteiger partial charge in [0.15, 0.2) is 24.4 Å². The van der Waals surface area contributed by atoms with Gasteiger partial charge in [0, 0.05) is 0 Å². The van der Waals surface area contributed by atoms with Crippen LogP contribution in [0.2, 0.25) is 0 Å². The molecule has 2 unspecified atom stereocenters. The van der Waals surface area contributed by atoms with E-state index >= 15 is 0 Å². The molecule has 0 bridgehead atoms. The van der Waals surface area contributed by atoms with Crippen molar-refractivity contribution in [3.63, 3.8) is 0 Å². The van der Waals surface area contributed by atoms with Gasteiger partial charge in [-0.25, -0.2) is 4.79 Å². The number of benzene rings is 1. The van der Waals surface area contributed by atoms with Crippen LogP contribution in [0.3, 0.4) is 0 Å². The van der Waals surface area contributed by atoms with E-state index in [0.717, 1.165) is 11.1 Å². The molecular formula is C26H32O7. The zero-order valence-corrected chi connectivity index (χ0v) is 20.3. The molecule has 0 amide bonds. The second kappa shape index (κ2) is 9.85. The first-order valence-corrected chi connectivity index (χ1v) is 10.7. The van der Waals surface area contributed by atoms with Gasteiger partial charge in [-0.3, -0.25) is 0 Å². The normalized spacial score (nSPS) is 24.2. The Hall–Kier alpha value is -3.03. The van der Waals surface area contributed by atoms with E-state index in [0.29, 0.717) is 22.6 Å². The van der Waals surface area contributed by atoms with Gasteiger partial charge in [-0.2, -0.15) is 0 Å². The van der Waals surface area contributed by atoms with E-state index in [2.05, 4.69) is 0 Å². The number of hydrogen-bond donors (Lipinski definition) is 0. The Balaban J connectivity index is 1.81. The van der Waals surface area contributed by atoms with Crippen molar-refractivity contribution in [2.24, 2.45) is 0 Å². The summed E-state index contributed by atoms with van der Waals surface area (Å²) in [6.07, 6.45) is 8.33. The zero-order chi connectivity index (χ0) is 24.2. The Kier molecular flexibility index (Phi) is 7.34. The van der Waals surface area contributed by atoms with Crippen LogP contribution < -0.4 is 9.47 Å². The molecule has 1 aromatic rings. The van der Waals surface area contributed by atoms with E-state index in [9.17, 15) is 4.79 Å². The van der Waals surface area contributed by atoms with Gasteiger partial charge >= 0.3 is 5.97 Å². The lowest BCUT2D eigenvalue weighted by Gasteiger charge is -2.40. The maximum absolute atomic E-state index is 11.9. The second-order valence-corrected chi connectivity index (χ2v) is 8.68. The SMILES string of the molecule is COC=C(C(=O)OC)C(C)=CC=Cc1ccc2c(c1)OC1(CO2)OC(C=C(C)C)OC1(C)C. The molecule has 0 saturated carbocycles. The van der Waals surface area contributed by atoms with Crippen LogP contribution >= 0.6 is 0 Å². The van der Waals surface area contributed by atoms with Crippen molar-refractivity contribution in [2.75, 3.05) is 20.8 Å². The topological polar surface area (TPSA) is 72.5 Å². The zero-order valence-electron chi connectivity index (χ0n) is 20.3. The van der Waals surface area contributed by atoms with Gasteiger partial charge in [0.1, 0.15) is 5.60 Å². The molecule has 0 aromatic heterocycles. The average Bonchev–Trinajstić information content (AvgIpc) is 2.98. The number of carbonyl (C=O) groups is 1. The van der Waals surface area contributed by atoms with Crippen LogP contribution in [0.5, 0.6) is 11.5 Å². The minimum Gasteiger partial charge on any atom is -0.503 e. The number of carbonyl (C=O) groups excluding carboxylic acids is 1. The lowest BCUT2D eigenvalue weighted by atomic mass is 9.97. The van der Waals surface area contributed by atoms with E-state index in [1.165, 1.54) is 20.5 Å². The van der Waals surface area contributed by atoms with Gasteiger partial charge in [-0.05, 0) is 64.0 Å². The van der Waals surface area contributed by atoms with Crippen LogP contribution in [0.1, 0.15) is 40.2 Å². The Bertz CT molecular complexity index is 1010. The van der Waals surface area contributed by atoms with E-state index in [-0.39, 0.29) is 6.61 Å². The first-order chi connectivity index (χ1) is 15.6. The quantitative estimate of drug-likeness (QED) is 0.197. The van der Waals surface area contributed by atoms with Gasteiger partial charge in [-0.15, -0.1) is 0 Å². The summed E-state index contributed by atoms with van der Waals surface area (Å²) in [5, 5.41) is 0. The number of ether oxygens (including phenoxy) is 6. The molecule has 178 valence electrons. The van der Waals surface area contributed by atoms with Crippen molar-refractivity contribution in [3.05, 3.63) is 65.0 Å². The highest BCUT2D eigenvalue weighted by Crippen LogP contribution is 2.46. The lowest BCUT2D eigenvalue weighted by molar-refractivity contribution is -0.216. The number of methoxy groups -OCH3 is 2. The molecule has 7 nitrogen and oxygen atoms in total. The average molecular weight is 457 g/mol. The molecule has 0 aliphatic carbocycles. The van der Waals surface area contributed by atoms with Gasteiger partial charge in [0.25, 0.3) is 5.79 Å². The Morgan fingerprint density at radius 3 is 2.55 bits per heavy atom. The summed E-state index contributed by atoms with van der Waals surface area (Å²) in [7, 11) is 2.81. The first kappa shape index (κ1) is 24.6. The highest BCUT2D eigenvalue weighted by Gasteiger charge is 2.60. The van der Waals surface area contributed by atoms with Crippen molar-refractivity contribution in [1.29, 1.82) is 0 Å². The fourth-order valence-corrected chi connectivity index (χ4v) is 3.56. The van der Waals surface area contributed by atoms with Gasteiger partial charge in [0.2, 0.25) is 0 Å². The molecule has 0 radical (unpaired) electrons. The van der Waals surface area contributed by atoms with Gasteiger partial charge in [-0.1, -0.05) is 29.9 Å². The summed E-state index contributed by atoms with van der Waals surface area (Å²) < 4.78 is 34.4. The maximum atomic E-state index is 11.9. The number of allylic oxidation sites excluding steroid dienone is 3. The molecule has 3 rings (SSSR count). The molecule has 2 aliphatic heterocycles. The van der Waals surface area contributed by atoms with Crippen LogP contribution in [-0.4, -0.2) is 44.5 Å². The predicted octanol–water partition coefficient (Wildman–Crippen LogP) is 4.93. The number of rotatable bonds is 6. The van der Waals surface area contributed by atoms with Crippen molar-refractivity contribution in [3.8, 4) is 11.5 Å². The second-order valence-electron chi connectivity index (χ2n) is 8.68. The number of esters is 1. The van der Waals surface area contributed by atoms with Crippen molar-refractivity contribution >= 4 is 12.0 Å². The lowest BCUT2D eigenvalue weighted by Crippen LogP contribution is -2.58. The number of hydrogen-bond acceptors (Lipinski definition) is 7. The van der Waals surface area contributed by atoms with Crippen molar-refractivity contribution < 1.29 is 33.2 Å². The van der Waals surface area contributed by atoms with Crippen molar-refractivity contribution in [1.82, 2.24) is 0 Å². The first-order valence-electron chi connectivity index (χ1n) is 10.7. The van der Waals surface area contributed by atoms with Crippen LogP contribution in [-0.2, 0) is 23.7 Å². The fraction of sp³-hybridized carbons (Fsp3) is 0.423. The Morgan fingerprint density at radius 1 is 1.12 bits per heavy atom. The summed E-state index contributed by atoms with van der Waals surface area (Å²) in [4.78, 5) is 11.9. The highest BCUT2D eigenvalue weighted by molar-refractivity contribution is 5.93. The van der Waals surface area contributed by atoms with E-state index in [1.807, 2.05) is 71.0 Å². The van der Waals surface area contributed by atoms with Gasteiger partial charge < -0.3 is 28.4 Å². The third kappa shape index (κ3) is 5.31. The molecule has 2 aliphatic rings. The molecule has 0 N–H and O–H groups in total. The Labute approximate surface area is 195 Å². The minimum atomic E-state index is -1.06. The van der Waals surface area contributed by atoms with Crippen LogP contribution in [0.25, 0.3) is 6.08 Å². The summed E-state index contributed by atoms with van der Waals surface area (Å²) in [6, 6.07) is 5.67. The van der Waals surface area contributed by atoms with Crippen LogP contribution in [0, 0.1) is 0 Å². The molecule has 33 heavy (non-hydrogen) atoms. The molecular weight excluding hydrogens is 424 g/mol. The summed E-state index contributed by atoms with van der Waals surface area (Å²) >= 11 is 0. The monoisotopic (exact) mass is 456 g/mol. The summed E-state index contributed by atoms with van der Waals surface area (Å²) in [6.45, 7) is 9.88. The molecule has 1 spiro atoms. The Morgan fingerprint density at radius 2 is 1.88 bits per heavy atom. The molecule has 2 heterocycles. The summed E-state index contributed by atoms with van der Waals surface area (Å²) in [5.74, 6) is -0.300. The van der Waals surface area contributed by atoms with Crippen LogP contribution in [0.15, 0.2) is 59.4 Å². The van der Waals surface area contributed by atoms with Crippen molar-refractivity contribution in [2.45, 2.75) is 52.3 Å². The van der Waals surface area contributed by atoms with E-state index in [4.69, 9.17) is 28.4 Å². The maximum Gasteiger partial charge on any atom is 0.341 e. The van der Waals surface area contributed by atoms with E-state index in [1.54, 1.807) is 6.08 Å². The standard InChI is InChI=1S/C26H32O7/c1-17(2)13-23-32-25(4,5)26(33-23)16-30-21-12-11-19(14-22(21)31-26)10-8-9-18(3)20(15-28-6)24(27)29-7/h8-15,23H,16H2,1-7H3. The molecule has 7 heteroatoms. The van der Waals surface area contributed by atoms with Gasteiger partial charge in [0.05, 0.1) is 26.1 Å². The molecule has 1 fully saturated rings. The third-order valence-corrected chi connectivity index (χ3v) is 5.47. The van der Waals surface area contributed by atoms with E-state index < -0.39 is 23.6 Å². The number of fused-ring (bicyclic) bond motifs is 1. The third-order valence-electron chi connectivity index (χ3n) is 5.47. The predicted molar refractivity (Wildman–Crippen MR) is 125 cm³/mol. The fourth-order valence-electron chi connectivity index (χ4n) is 3.56.